The first-order valence-corrected chi connectivity index (χ1v) is 6.89. The van der Waals surface area contributed by atoms with Crippen LogP contribution in [0.1, 0.15) is 42.1 Å². The summed E-state index contributed by atoms with van der Waals surface area (Å²) in [5.41, 5.74) is 7.97. The average Bonchev–Trinajstić information content (AvgIpc) is 2.84. The third kappa shape index (κ3) is 2.29. The van der Waals surface area contributed by atoms with Gasteiger partial charge in [-0.1, -0.05) is 23.4 Å². The summed E-state index contributed by atoms with van der Waals surface area (Å²) < 4.78 is 11.0. The molecule has 1 heterocycles. The molecule has 106 valence electrons. The zero-order valence-electron chi connectivity index (χ0n) is 11.8. The number of nitrogens with two attached hydrogens (primary N) is 1. The quantitative estimate of drug-likeness (QED) is 0.926. The van der Waals surface area contributed by atoms with Crippen molar-refractivity contribution in [3.8, 4) is 5.75 Å². The Morgan fingerprint density at radius 2 is 2.00 bits per heavy atom. The SMILES string of the molecule is Cc1cccc(C)c1OCc1nc(C2(N)CCC2)no1. The van der Waals surface area contributed by atoms with Crippen LogP contribution >= 0.6 is 0 Å². The standard InChI is InChI=1S/C15H19N3O2/c1-10-5-3-6-11(2)13(10)19-9-12-17-14(18-20-12)15(16)7-4-8-15/h3,5-6H,4,7-9,16H2,1-2H3. The van der Waals surface area contributed by atoms with Gasteiger partial charge in [0.05, 0.1) is 5.54 Å². The Morgan fingerprint density at radius 3 is 2.60 bits per heavy atom. The molecule has 5 heteroatoms. The minimum absolute atomic E-state index is 0.273. The lowest BCUT2D eigenvalue weighted by Crippen LogP contribution is -2.44. The highest BCUT2D eigenvalue weighted by Gasteiger charge is 2.38. The number of nitrogens with zero attached hydrogens (tertiary/aromatic N) is 2. The summed E-state index contributed by atoms with van der Waals surface area (Å²) in [5.74, 6) is 1.95. The van der Waals surface area contributed by atoms with E-state index in [9.17, 15) is 0 Å². The molecule has 0 saturated heterocycles. The fourth-order valence-electron chi connectivity index (χ4n) is 2.46. The molecule has 0 atom stereocenters. The van der Waals surface area contributed by atoms with Crippen LogP contribution in [0.3, 0.4) is 0 Å². The second kappa shape index (κ2) is 4.90. The van der Waals surface area contributed by atoms with E-state index in [-0.39, 0.29) is 12.1 Å². The second-order valence-electron chi connectivity index (χ2n) is 5.53. The minimum atomic E-state index is -0.389. The second-order valence-corrected chi connectivity index (χ2v) is 5.53. The lowest BCUT2D eigenvalue weighted by molar-refractivity contribution is 0.222. The Balaban J connectivity index is 1.70. The lowest BCUT2D eigenvalue weighted by atomic mass is 9.77. The Hall–Kier alpha value is -1.88. The molecule has 3 rings (SSSR count). The van der Waals surface area contributed by atoms with Crippen LogP contribution in [0.4, 0.5) is 0 Å². The Labute approximate surface area is 118 Å². The van der Waals surface area contributed by atoms with E-state index in [0.717, 1.165) is 36.1 Å². The summed E-state index contributed by atoms with van der Waals surface area (Å²) in [6.45, 7) is 4.31. The molecule has 1 aromatic carbocycles. The fourth-order valence-corrected chi connectivity index (χ4v) is 2.46. The van der Waals surface area contributed by atoms with E-state index in [0.29, 0.717) is 11.7 Å². The fraction of sp³-hybridized carbons (Fsp3) is 0.467. The first-order chi connectivity index (χ1) is 9.58. The average molecular weight is 273 g/mol. The Kier molecular flexibility index (Phi) is 3.22. The maximum absolute atomic E-state index is 6.17. The highest BCUT2D eigenvalue weighted by Crippen LogP contribution is 2.36. The summed E-state index contributed by atoms with van der Waals surface area (Å²) in [6, 6.07) is 6.05. The molecular formula is C15H19N3O2. The van der Waals surface area contributed by atoms with Gasteiger partial charge < -0.3 is 15.0 Å². The molecule has 0 amide bonds. The first-order valence-electron chi connectivity index (χ1n) is 6.89. The highest BCUT2D eigenvalue weighted by molar-refractivity contribution is 5.39. The number of hydrogen-bond acceptors (Lipinski definition) is 5. The molecule has 0 radical (unpaired) electrons. The van der Waals surface area contributed by atoms with Crippen LogP contribution in [0.2, 0.25) is 0 Å². The summed E-state index contributed by atoms with van der Waals surface area (Å²) in [4.78, 5) is 4.35. The van der Waals surface area contributed by atoms with Crippen LogP contribution in [-0.2, 0) is 12.1 Å². The van der Waals surface area contributed by atoms with E-state index in [2.05, 4.69) is 10.1 Å². The van der Waals surface area contributed by atoms with Gasteiger partial charge in [0.1, 0.15) is 5.75 Å². The molecular weight excluding hydrogens is 254 g/mol. The van der Waals surface area contributed by atoms with Crippen molar-refractivity contribution < 1.29 is 9.26 Å². The molecule has 1 aliphatic carbocycles. The molecule has 5 nitrogen and oxygen atoms in total. The molecule has 0 spiro atoms. The Morgan fingerprint density at radius 1 is 1.30 bits per heavy atom. The molecule has 0 unspecified atom stereocenters. The first kappa shape index (κ1) is 13.1. The van der Waals surface area contributed by atoms with Crippen molar-refractivity contribution in [1.29, 1.82) is 0 Å². The molecule has 1 aliphatic rings. The zero-order valence-corrected chi connectivity index (χ0v) is 11.8. The van der Waals surface area contributed by atoms with Crippen LogP contribution in [0.15, 0.2) is 22.7 Å². The van der Waals surface area contributed by atoms with Gasteiger partial charge in [0.15, 0.2) is 12.4 Å². The van der Waals surface area contributed by atoms with Gasteiger partial charge >= 0.3 is 0 Å². The third-order valence-electron chi connectivity index (χ3n) is 3.91. The van der Waals surface area contributed by atoms with Crippen molar-refractivity contribution in [2.45, 2.75) is 45.3 Å². The number of ether oxygens (including phenoxy) is 1. The molecule has 2 N–H and O–H groups in total. The predicted octanol–water partition coefficient (Wildman–Crippen LogP) is 2.60. The number of hydrogen-bond donors (Lipinski definition) is 1. The van der Waals surface area contributed by atoms with Gasteiger partial charge in [-0.25, -0.2) is 0 Å². The van der Waals surface area contributed by atoms with E-state index in [1.165, 1.54) is 0 Å². The van der Waals surface area contributed by atoms with E-state index in [1.807, 2.05) is 32.0 Å². The van der Waals surface area contributed by atoms with Gasteiger partial charge in [-0.3, -0.25) is 0 Å². The molecule has 20 heavy (non-hydrogen) atoms. The van der Waals surface area contributed by atoms with Gasteiger partial charge in [0.2, 0.25) is 0 Å². The van der Waals surface area contributed by atoms with Gasteiger partial charge in [0, 0.05) is 0 Å². The topological polar surface area (TPSA) is 74.2 Å². The number of para-hydroxylation sites is 1. The highest BCUT2D eigenvalue weighted by atomic mass is 16.5. The molecule has 0 aliphatic heterocycles. The van der Waals surface area contributed by atoms with Crippen molar-refractivity contribution in [2.75, 3.05) is 0 Å². The minimum Gasteiger partial charge on any atom is -0.483 e. The van der Waals surface area contributed by atoms with Crippen LogP contribution in [-0.4, -0.2) is 10.1 Å². The number of aromatic nitrogens is 2. The summed E-state index contributed by atoms with van der Waals surface area (Å²) in [7, 11) is 0. The van der Waals surface area contributed by atoms with Crippen molar-refractivity contribution in [1.82, 2.24) is 10.1 Å². The van der Waals surface area contributed by atoms with Crippen LogP contribution in [0.5, 0.6) is 5.75 Å². The number of aryl methyl sites for hydroxylation is 2. The third-order valence-corrected chi connectivity index (χ3v) is 3.91. The zero-order chi connectivity index (χ0) is 14.2. The van der Waals surface area contributed by atoms with Crippen molar-refractivity contribution in [2.24, 2.45) is 5.73 Å². The lowest BCUT2D eigenvalue weighted by Gasteiger charge is -2.34. The van der Waals surface area contributed by atoms with E-state index < -0.39 is 0 Å². The molecule has 1 aromatic heterocycles. The molecule has 1 saturated carbocycles. The van der Waals surface area contributed by atoms with Crippen LogP contribution < -0.4 is 10.5 Å². The van der Waals surface area contributed by atoms with Crippen molar-refractivity contribution >= 4 is 0 Å². The van der Waals surface area contributed by atoms with Gasteiger partial charge in [-0.05, 0) is 44.2 Å². The molecule has 2 aromatic rings. The van der Waals surface area contributed by atoms with Crippen molar-refractivity contribution in [3.05, 3.63) is 41.0 Å². The van der Waals surface area contributed by atoms with Crippen LogP contribution in [0, 0.1) is 13.8 Å². The number of rotatable bonds is 4. The largest absolute Gasteiger partial charge is 0.483 e. The smallest absolute Gasteiger partial charge is 0.264 e. The Bertz CT molecular complexity index is 597. The van der Waals surface area contributed by atoms with Crippen LogP contribution in [0.25, 0.3) is 0 Å². The summed E-state index contributed by atoms with van der Waals surface area (Å²) >= 11 is 0. The maximum Gasteiger partial charge on any atom is 0.264 e. The van der Waals surface area contributed by atoms with E-state index >= 15 is 0 Å². The summed E-state index contributed by atoms with van der Waals surface area (Å²) in [5, 5.41) is 3.98. The monoisotopic (exact) mass is 273 g/mol. The number of benzene rings is 1. The van der Waals surface area contributed by atoms with Gasteiger partial charge in [-0.2, -0.15) is 4.98 Å². The van der Waals surface area contributed by atoms with Gasteiger partial charge in [0.25, 0.3) is 5.89 Å². The predicted molar refractivity (Wildman–Crippen MR) is 74.3 cm³/mol. The summed E-state index contributed by atoms with van der Waals surface area (Å²) in [6.07, 6.45) is 2.97. The van der Waals surface area contributed by atoms with E-state index in [1.54, 1.807) is 0 Å². The van der Waals surface area contributed by atoms with Gasteiger partial charge in [-0.15, -0.1) is 0 Å². The van der Waals surface area contributed by atoms with E-state index in [4.69, 9.17) is 15.0 Å². The molecule has 1 fully saturated rings. The normalized spacial score (nSPS) is 16.8. The van der Waals surface area contributed by atoms with Crippen molar-refractivity contribution in [3.63, 3.8) is 0 Å². The maximum atomic E-state index is 6.17. The molecule has 0 bridgehead atoms.